The second-order valence-electron chi connectivity index (χ2n) is 6.89. The molecule has 0 amide bonds. The standard InChI is InChI=1S/C13H19O3P.C9H9Cl.C6H15O3P/c1-3-15-17(14,16-4-2)12-8-11-13-9-6-5-7-10-13;10-8-4-7-9-5-2-1-3-6-9;1-4-7-10(8-5-2)9-6-3/h5-11H,3-4,12H2,1-2H3;1-7H,8H2;4-6H2,1-3H3/b11-8+;7-4+;. The zero-order valence-corrected chi connectivity index (χ0v) is 25.3. The number of hydrogen-bond acceptors (Lipinski definition) is 6. The van der Waals surface area contributed by atoms with Crippen molar-refractivity contribution in [2.45, 2.75) is 34.6 Å². The van der Waals surface area contributed by atoms with E-state index in [0.29, 0.717) is 45.1 Å². The van der Waals surface area contributed by atoms with E-state index >= 15 is 0 Å². The summed E-state index contributed by atoms with van der Waals surface area (Å²) >= 11 is 5.46. The molecule has 2 rings (SSSR count). The molecule has 0 saturated heterocycles. The first-order valence-electron chi connectivity index (χ1n) is 12.5. The van der Waals surface area contributed by atoms with E-state index in [1.165, 1.54) is 5.56 Å². The van der Waals surface area contributed by atoms with E-state index in [4.69, 9.17) is 34.2 Å². The van der Waals surface area contributed by atoms with Crippen LogP contribution in [-0.4, -0.2) is 45.1 Å². The van der Waals surface area contributed by atoms with E-state index < -0.39 is 16.2 Å². The molecule has 0 heterocycles. The first-order valence-corrected chi connectivity index (χ1v) is 15.9. The molecule has 37 heavy (non-hydrogen) atoms. The average Bonchev–Trinajstić information content (AvgIpc) is 2.90. The normalized spacial score (nSPS) is 11.3. The Morgan fingerprint density at radius 3 is 1.43 bits per heavy atom. The van der Waals surface area contributed by atoms with Gasteiger partial charge in [-0.2, -0.15) is 0 Å². The highest BCUT2D eigenvalue weighted by atomic mass is 35.5. The van der Waals surface area contributed by atoms with Crippen LogP contribution in [0.2, 0.25) is 0 Å². The van der Waals surface area contributed by atoms with Gasteiger partial charge >= 0.3 is 16.2 Å². The molecular weight excluding hydrogens is 530 g/mol. The second-order valence-corrected chi connectivity index (χ2v) is 10.5. The Morgan fingerprint density at radius 2 is 1.08 bits per heavy atom. The van der Waals surface area contributed by atoms with Crippen molar-refractivity contribution in [1.29, 1.82) is 0 Å². The van der Waals surface area contributed by atoms with Crippen molar-refractivity contribution in [2.24, 2.45) is 0 Å². The van der Waals surface area contributed by atoms with Crippen molar-refractivity contribution in [1.82, 2.24) is 0 Å². The van der Waals surface area contributed by atoms with E-state index in [1.54, 1.807) is 0 Å². The lowest BCUT2D eigenvalue weighted by molar-refractivity contribution is 0.176. The number of halogens is 1. The topological polar surface area (TPSA) is 63.2 Å². The summed E-state index contributed by atoms with van der Waals surface area (Å²) in [6.45, 7) is 12.1. The van der Waals surface area contributed by atoms with Gasteiger partial charge in [-0.15, -0.1) is 11.6 Å². The number of alkyl halides is 1. The van der Waals surface area contributed by atoms with Crippen molar-refractivity contribution in [2.75, 3.05) is 45.1 Å². The Balaban J connectivity index is 0.000000559. The number of rotatable bonds is 15. The SMILES string of the molecule is CCOP(=O)(C/C=C/c1ccccc1)OCC.CCOP(OCC)OCC.ClC/C=C/c1ccccc1. The van der Waals surface area contributed by atoms with Crippen LogP contribution in [0.5, 0.6) is 0 Å². The average molecular weight is 573 g/mol. The molecule has 0 N–H and O–H groups in total. The summed E-state index contributed by atoms with van der Waals surface area (Å²) in [5, 5.41) is 0. The van der Waals surface area contributed by atoms with Crippen molar-refractivity contribution < 1.29 is 27.2 Å². The van der Waals surface area contributed by atoms with E-state index in [9.17, 15) is 4.57 Å². The van der Waals surface area contributed by atoms with Crippen LogP contribution in [0.15, 0.2) is 72.8 Å². The molecule has 0 aliphatic carbocycles. The van der Waals surface area contributed by atoms with Crippen LogP contribution in [0.4, 0.5) is 0 Å². The van der Waals surface area contributed by atoms with E-state index in [2.05, 4.69) is 0 Å². The highest BCUT2D eigenvalue weighted by Crippen LogP contribution is 2.48. The highest BCUT2D eigenvalue weighted by molar-refractivity contribution is 7.54. The zero-order valence-electron chi connectivity index (χ0n) is 22.8. The Labute approximate surface area is 230 Å². The van der Waals surface area contributed by atoms with E-state index in [-0.39, 0.29) is 0 Å². The fourth-order valence-corrected chi connectivity index (χ4v) is 4.97. The van der Waals surface area contributed by atoms with Crippen LogP contribution in [0.25, 0.3) is 12.2 Å². The van der Waals surface area contributed by atoms with Crippen molar-refractivity contribution in [3.63, 3.8) is 0 Å². The van der Waals surface area contributed by atoms with Gasteiger partial charge in [0.15, 0.2) is 0 Å². The molecule has 0 aliphatic rings. The number of allylic oxidation sites excluding steroid dienone is 2. The largest absolute Gasteiger partial charge is 0.334 e. The molecule has 2 aromatic rings. The van der Waals surface area contributed by atoms with Crippen molar-refractivity contribution >= 4 is 40.0 Å². The van der Waals surface area contributed by atoms with Crippen LogP contribution in [0.1, 0.15) is 45.7 Å². The number of hydrogen-bond donors (Lipinski definition) is 0. The predicted octanol–water partition coefficient (Wildman–Crippen LogP) is 9.23. The Kier molecular flexibility index (Phi) is 24.1. The lowest BCUT2D eigenvalue weighted by Crippen LogP contribution is -1.98. The minimum Gasteiger partial charge on any atom is -0.313 e. The van der Waals surface area contributed by atoms with Gasteiger partial charge in [-0.25, -0.2) is 0 Å². The quantitative estimate of drug-likeness (QED) is 0.156. The van der Waals surface area contributed by atoms with Crippen molar-refractivity contribution in [3.05, 3.63) is 83.9 Å². The molecule has 0 aromatic heterocycles. The van der Waals surface area contributed by atoms with E-state index in [0.717, 1.165) is 5.56 Å². The minimum absolute atomic E-state index is 0.309. The van der Waals surface area contributed by atoms with Crippen LogP contribution in [-0.2, 0) is 27.2 Å². The molecule has 0 unspecified atom stereocenters. The summed E-state index contributed by atoms with van der Waals surface area (Å²) in [4.78, 5) is 0. The Morgan fingerprint density at radius 1 is 0.676 bits per heavy atom. The monoisotopic (exact) mass is 572 g/mol. The first-order chi connectivity index (χ1) is 18.0. The smallest absolute Gasteiger partial charge is 0.313 e. The van der Waals surface area contributed by atoms with E-state index in [1.807, 2.05) is 120 Å². The summed E-state index contributed by atoms with van der Waals surface area (Å²) < 4.78 is 37.9. The summed E-state index contributed by atoms with van der Waals surface area (Å²) in [7, 11) is -4.00. The third-order valence-corrected chi connectivity index (χ3v) is 7.54. The molecule has 0 spiro atoms. The van der Waals surface area contributed by atoms with Crippen LogP contribution in [0.3, 0.4) is 0 Å². The molecule has 208 valence electrons. The molecule has 9 heteroatoms. The zero-order chi connectivity index (χ0) is 27.6. The van der Waals surface area contributed by atoms with Crippen LogP contribution < -0.4 is 0 Å². The fraction of sp³-hybridized carbons (Fsp3) is 0.429. The maximum atomic E-state index is 12.1. The van der Waals surface area contributed by atoms with Crippen LogP contribution >= 0.6 is 27.8 Å². The Bertz CT molecular complexity index is 841. The van der Waals surface area contributed by atoms with Gasteiger partial charge in [-0.3, -0.25) is 4.57 Å². The molecule has 0 saturated carbocycles. The molecule has 0 fully saturated rings. The fourth-order valence-electron chi connectivity index (χ4n) is 2.59. The maximum absolute atomic E-state index is 12.1. The van der Waals surface area contributed by atoms with Gasteiger partial charge in [0.2, 0.25) is 0 Å². The lowest BCUT2D eigenvalue weighted by atomic mass is 10.2. The third-order valence-electron chi connectivity index (χ3n) is 3.99. The lowest BCUT2D eigenvalue weighted by Gasteiger charge is -2.14. The molecule has 2 aromatic carbocycles. The molecular formula is C28H43ClO6P2. The summed E-state index contributed by atoms with van der Waals surface area (Å²) in [6, 6.07) is 20.0. The van der Waals surface area contributed by atoms with Gasteiger partial charge in [0, 0.05) is 5.88 Å². The number of benzene rings is 2. The van der Waals surface area contributed by atoms with Gasteiger partial charge in [0.05, 0.1) is 39.2 Å². The molecule has 6 nitrogen and oxygen atoms in total. The van der Waals surface area contributed by atoms with Gasteiger partial charge in [-0.1, -0.05) is 85.0 Å². The predicted molar refractivity (Wildman–Crippen MR) is 159 cm³/mol. The molecule has 0 aliphatic heterocycles. The maximum Gasteiger partial charge on any atom is 0.334 e. The molecule has 0 bridgehead atoms. The first kappa shape index (κ1) is 35.7. The third kappa shape index (κ3) is 20.3. The van der Waals surface area contributed by atoms with Gasteiger partial charge in [0.25, 0.3) is 0 Å². The van der Waals surface area contributed by atoms with Gasteiger partial charge < -0.3 is 22.6 Å². The summed E-state index contributed by atoms with van der Waals surface area (Å²) in [6.07, 6.45) is 8.00. The second kappa shape index (κ2) is 25.0. The Hall–Kier alpha value is -1.33. The summed E-state index contributed by atoms with van der Waals surface area (Å²) in [5.41, 5.74) is 2.27. The van der Waals surface area contributed by atoms with Gasteiger partial charge in [0.1, 0.15) is 0 Å². The van der Waals surface area contributed by atoms with Crippen LogP contribution in [0, 0.1) is 0 Å². The molecule has 0 radical (unpaired) electrons. The van der Waals surface area contributed by atoms with Crippen molar-refractivity contribution in [3.8, 4) is 0 Å². The highest BCUT2D eigenvalue weighted by Gasteiger charge is 2.20. The summed E-state index contributed by atoms with van der Waals surface area (Å²) in [5.74, 6) is 0.578. The van der Waals surface area contributed by atoms with Gasteiger partial charge in [-0.05, 0) is 45.7 Å². The minimum atomic E-state index is -2.94. The molecule has 0 atom stereocenters.